The van der Waals surface area contributed by atoms with E-state index in [0.29, 0.717) is 17.5 Å². The number of benzene rings is 1. The number of hydrogen-bond donors (Lipinski definition) is 0. The first-order valence-corrected chi connectivity index (χ1v) is 9.59. The summed E-state index contributed by atoms with van der Waals surface area (Å²) in [7, 11) is 0. The van der Waals surface area contributed by atoms with Crippen LogP contribution in [0.25, 0.3) is 0 Å². The summed E-state index contributed by atoms with van der Waals surface area (Å²) in [4.78, 5) is 18.8. The SMILES string of the molecule is Cc1noc(C2CCCCN2C(=O)CSCc2ccccc2Cl)n1. The monoisotopic (exact) mass is 365 g/mol. The summed E-state index contributed by atoms with van der Waals surface area (Å²) in [5, 5.41) is 4.60. The van der Waals surface area contributed by atoms with Crippen molar-refractivity contribution in [3.8, 4) is 0 Å². The first-order chi connectivity index (χ1) is 11.6. The topological polar surface area (TPSA) is 59.2 Å². The van der Waals surface area contributed by atoms with Crippen LogP contribution in [0, 0.1) is 6.92 Å². The number of carbonyl (C=O) groups is 1. The standard InChI is InChI=1S/C17H20ClN3O2S/c1-12-19-17(23-20-12)15-8-4-5-9-21(15)16(22)11-24-10-13-6-2-3-7-14(13)18/h2-3,6-7,15H,4-5,8-11H2,1H3. The van der Waals surface area contributed by atoms with E-state index in [9.17, 15) is 4.79 Å². The molecule has 1 unspecified atom stereocenters. The predicted octanol–water partition coefficient (Wildman–Crippen LogP) is 4.02. The summed E-state index contributed by atoms with van der Waals surface area (Å²) in [5.41, 5.74) is 1.06. The van der Waals surface area contributed by atoms with Crippen LogP contribution >= 0.6 is 23.4 Å². The Labute approximate surface area is 150 Å². The molecule has 2 aromatic rings. The second-order valence-electron chi connectivity index (χ2n) is 5.86. The van der Waals surface area contributed by atoms with Gasteiger partial charge in [0.05, 0.1) is 5.75 Å². The summed E-state index contributed by atoms with van der Waals surface area (Å²) in [6.45, 7) is 2.54. The molecule has 0 spiro atoms. The molecule has 128 valence electrons. The number of halogens is 1. The molecule has 1 saturated heterocycles. The molecule has 1 aliphatic heterocycles. The molecular formula is C17H20ClN3O2S. The molecule has 1 aliphatic rings. The molecule has 1 aromatic carbocycles. The highest BCUT2D eigenvalue weighted by molar-refractivity contribution is 7.99. The fraction of sp³-hybridized carbons (Fsp3) is 0.471. The second kappa shape index (κ2) is 8.03. The Kier molecular flexibility index (Phi) is 5.79. The molecule has 0 N–H and O–H groups in total. The van der Waals surface area contributed by atoms with Gasteiger partial charge in [-0.25, -0.2) is 0 Å². The van der Waals surface area contributed by atoms with E-state index in [1.807, 2.05) is 29.2 Å². The number of rotatable bonds is 5. The van der Waals surface area contributed by atoms with Crippen molar-refractivity contribution in [3.05, 3.63) is 46.6 Å². The number of aryl methyl sites for hydroxylation is 1. The smallest absolute Gasteiger partial charge is 0.249 e. The van der Waals surface area contributed by atoms with Crippen LogP contribution in [0.4, 0.5) is 0 Å². The summed E-state index contributed by atoms with van der Waals surface area (Å²) < 4.78 is 5.29. The van der Waals surface area contributed by atoms with E-state index in [-0.39, 0.29) is 11.9 Å². The van der Waals surface area contributed by atoms with Crippen LogP contribution in [0.3, 0.4) is 0 Å². The zero-order chi connectivity index (χ0) is 16.9. The maximum atomic E-state index is 12.6. The lowest BCUT2D eigenvalue weighted by Gasteiger charge is -2.33. The maximum absolute atomic E-state index is 12.6. The van der Waals surface area contributed by atoms with Gasteiger partial charge in [-0.15, -0.1) is 11.8 Å². The van der Waals surface area contributed by atoms with Crippen molar-refractivity contribution < 1.29 is 9.32 Å². The molecule has 0 aliphatic carbocycles. The Morgan fingerprint density at radius 3 is 3.00 bits per heavy atom. The van der Waals surface area contributed by atoms with Gasteiger partial charge in [-0.3, -0.25) is 4.79 Å². The average Bonchev–Trinajstić information content (AvgIpc) is 3.03. The highest BCUT2D eigenvalue weighted by atomic mass is 35.5. The van der Waals surface area contributed by atoms with Crippen LogP contribution in [0.15, 0.2) is 28.8 Å². The lowest BCUT2D eigenvalue weighted by molar-refractivity contribution is -0.132. The molecule has 24 heavy (non-hydrogen) atoms. The van der Waals surface area contributed by atoms with Crippen LogP contribution in [0.1, 0.15) is 42.6 Å². The summed E-state index contributed by atoms with van der Waals surface area (Å²) in [6.07, 6.45) is 2.97. The summed E-state index contributed by atoms with van der Waals surface area (Å²) >= 11 is 7.74. The molecule has 0 radical (unpaired) electrons. The van der Waals surface area contributed by atoms with Gasteiger partial charge in [0.1, 0.15) is 6.04 Å². The highest BCUT2D eigenvalue weighted by Gasteiger charge is 2.31. The van der Waals surface area contributed by atoms with Crippen molar-refractivity contribution in [1.82, 2.24) is 15.0 Å². The van der Waals surface area contributed by atoms with E-state index in [2.05, 4.69) is 10.1 Å². The molecule has 0 bridgehead atoms. The minimum absolute atomic E-state index is 0.0895. The van der Waals surface area contributed by atoms with Gasteiger partial charge < -0.3 is 9.42 Å². The van der Waals surface area contributed by atoms with E-state index in [1.54, 1.807) is 18.7 Å². The van der Waals surface area contributed by atoms with Gasteiger partial charge in [0.25, 0.3) is 0 Å². The highest BCUT2D eigenvalue weighted by Crippen LogP contribution is 2.31. The number of thioether (sulfide) groups is 1. The molecule has 1 aromatic heterocycles. The Morgan fingerprint density at radius 2 is 2.25 bits per heavy atom. The Morgan fingerprint density at radius 1 is 1.42 bits per heavy atom. The lowest BCUT2D eigenvalue weighted by atomic mass is 10.0. The van der Waals surface area contributed by atoms with Gasteiger partial charge in [0.15, 0.2) is 5.82 Å². The third kappa shape index (κ3) is 4.11. The summed E-state index contributed by atoms with van der Waals surface area (Å²) in [6, 6.07) is 7.64. The second-order valence-corrected chi connectivity index (χ2v) is 7.26. The third-order valence-corrected chi connectivity index (χ3v) is 5.43. The van der Waals surface area contributed by atoms with E-state index >= 15 is 0 Å². The molecule has 3 rings (SSSR count). The number of piperidine rings is 1. The van der Waals surface area contributed by atoms with Crippen molar-refractivity contribution in [2.45, 2.75) is 38.0 Å². The number of carbonyl (C=O) groups excluding carboxylic acids is 1. The van der Waals surface area contributed by atoms with Gasteiger partial charge >= 0.3 is 0 Å². The molecule has 5 nitrogen and oxygen atoms in total. The predicted molar refractivity (Wildman–Crippen MR) is 95.0 cm³/mol. The Hall–Kier alpha value is -1.53. The van der Waals surface area contributed by atoms with Gasteiger partial charge in [-0.1, -0.05) is 35.0 Å². The van der Waals surface area contributed by atoms with Crippen molar-refractivity contribution in [1.29, 1.82) is 0 Å². The number of hydrogen-bond acceptors (Lipinski definition) is 5. The number of nitrogens with zero attached hydrogens (tertiary/aromatic N) is 3. The van der Waals surface area contributed by atoms with Crippen LogP contribution in [-0.4, -0.2) is 33.2 Å². The fourth-order valence-electron chi connectivity index (χ4n) is 2.88. The van der Waals surface area contributed by atoms with Crippen molar-refractivity contribution >= 4 is 29.3 Å². The van der Waals surface area contributed by atoms with E-state index in [4.69, 9.17) is 16.1 Å². The number of likely N-dealkylation sites (tertiary alicyclic amines) is 1. The first-order valence-electron chi connectivity index (χ1n) is 8.06. The van der Waals surface area contributed by atoms with Crippen molar-refractivity contribution in [2.75, 3.05) is 12.3 Å². The quantitative estimate of drug-likeness (QED) is 0.800. The molecule has 1 atom stereocenters. The summed E-state index contributed by atoms with van der Waals surface area (Å²) in [5.74, 6) is 2.43. The van der Waals surface area contributed by atoms with Gasteiger partial charge in [-0.05, 0) is 37.8 Å². The Balaban J connectivity index is 1.59. The Bertz CT molecular complexity index is 707. The minimum Gasteiger partial charge on any atom is -0.337 e. The molecule has 1 fully saturated rings. The lowest BCUT2D eigenvalue weighted by Crippen LogP contribution is -2.39. The van der Waals surface area contributed by atoms with Gasteiger partial charge in [0.2, 0.25) is 11.8 Å². The van der Waals surface area contributed by atoms with E-state index in [0.717, 1.165) is 42.1 Å². The zero-order valence-electron chi connectivity index (χ0n) is 13.6. The van der Waals surface area contributed by atoms with E-state index < -0.39 is 0 Å². The van der Waals surface area contributed by atoms with E-state index in [1.165, 1.54) is 0 Å². The van der Waals surface area contributed by atoms with Crippen molar-refractivity contribution in [3.63, 3.8) is 0 Å². The molecular weight excluding hydrogens is 346 g/mol. The molecule has 7 heteroatoms. The number of aromatic nitrogens is 2. The van der Waals surface area contributed by atoms with Crippen LogP contribution in [0.2, 0.25) is 5.02 Å². The fourth-order valence-corrected chi connectivity index (χ4v) is 4.08. The molecule has 0 saturated carbocycles. The zero-order valence-corrected chi connectivity index (χ0v) is 15.1. The average molecular weight is 366 g/mol. The van der Waals surface area contributed by atoms with Gasteiger partial charge in [0, 0.05) is 17.3 Å². The number of amides is 1. The van der Waals surface area contributed by atoms with Crippen LogP contribution in [-0.2, 0) is 10.5 Å². The largest absolute Gasteiger partial charge is 0.337 e. The van der Waals surface area contributed by atoms with Crippen LogP contribution in [0.5, 0.6) is 0 Å². The first kappa shape index (κ1) is 17.3. The normalized spacial score (nSPS) is 17.9. The maximum Gasteiger partial charge on any atom is 0.249 e. The third-order valence-electron chi connectivity index (χ3n) is 4.09. The minimum atomic E-state index is -0.0895. The van der Waals surface area contributed by atoms with Gasteiger partial charge in [-0.2, -0.15) is 4.98 Å². The van der Waals surface area contributed by atoms with Crippen molar-refractivity contribution in [2.24, 2.45) is 0 Å². The van der Waals surface area contributed by atoms with Crippen LogP contribution < -0.4 is 0 Å². The molecule has 2 heterocycles. The molecule has 1 amide bonds.